The summed E-state index contributed by atoms with van der Waals surface area (Å²) in [6.45, 7) is 5.94. The Morgan fingerprint density at radius 1 is 1.10 bits per heavy atom. The number of aliphatic imine (C=N–C) groups is 1. The summed E-state index contributed by atoms with van der Waals surface area (Å²) < 4.78 is 5.46. The van der Waals surface area contributed by atoms with Gasteiger partial charge >= 0.3 is 0 Å². The number of aromatic nitrogens is 2. The topological polar surface area (TPSA) is 74.2 Å². The second-order valence-corrected chi connectivity index (χ2v) is 8.90. The number of amides is 1. The predicted octanol–water partition coefficient (Wildman–Crippen LogP) is 2.26. The van der Waals surface area contributed by atoms with Crippen molar-refractivity contribution in [1.82, 2.24) is 14.9 Å². The number of fused-ring (bicyclic) bond motifs is 1. The third kappa shape index (κ3) is 3.93. The van der Waals surface area contributed by atoms with E-state index in [0.717, 1.165) is 80.5 Å². The van der Waals surface area contributed by atoms with Gasteiger partial charge in [0.2, 0.25) is 5.28 Å². The number of ether oxygens (including phenoxy) is 1. The van der Waals surface area contributed by atoms with E-state index in [1.807, 2.05) is 4.90 Å². The molecule has 8 nitrogen and oxygen atoms in total. The number of benzene rings is 1. The Kier molecular flexibility index (Phi) is 5.66. The van der Waals surface area contributed by atoms with Crippen molar-refractivity contribution in [3.8, 4) is 0 Å². The second kappa shape index (κ2) is 8.56. The van der Waals surface area contributed by atoms with E-state index in [1.165, 1.54) is 0 Å². The number of carbonyl (C=O) groups excluding carboxylic acids is 1. The molecule has 0 N–H and O–H groups in total. The Labute approximate surface area is 184 Å². The van der Waals surface area contributed by atoms with Gasteiger partial charge in [0.15, 0.2) is 5.04 Å². The van der Waals surface area contributed by atoms with Gasteiger partial charge in [0.25, 0.3) is 5.91 Å². The lowest BCUT2D eigenvalue weighted by Crippen LogP contribution is -2.49. The van der Waals surface area contributed by atoms with Crippen LogP contribution in [0.2, 0.25) is 5.28 Å². The number of anilines is 2. The van der Waals surface area contributed by atoms with E-state index >= 15 is 0 Å². The summed E-state index contributed by atoms with van der Waals surface area (Å²) in [6.07, 6.45) is 0.874. The van der Waals surface area contributed by atoms with Crippen LogP contribution < -0.4 is 9.80 Å². The van der Waals surface area contributed by atoms with Crippen LogP contribution in [0.4, 0.5) is 11.5 Å². The van der Waals surface area contributed by atoms with Crippen molar-refractivity contribution < 1.29 is 9.53 Å². The first-order valence-corrected chi connectivity index (χ1v) is 11.6. The zero-order chi connectivity index (χ0) is 20.5. The molecule has 5 rings (SSSR count). The molecule has 0 unspecified atom stereocenters. The number of hydrogen-bond acceptors (Lipinski definition) is 8. The lowest BCUT2D eigenvalue weighted by atomic mass is 10.1. The third-order valence-corrected chi connectivity index (χ3v) is 6.69. The largest absolute Gasteiger partial charge is 0.378 e. The average molecular weight is 447 g/mol. The molecule has 158 valence electrons. The molecular formula is C20H23ClN6O2S. The molecule has 2 aromatic rings. The Morgan fingerprint density at radius 3 is 2.77 bits per heavy atom. The average Bonchev–Trinajstić information content (AvgIpc) is 3.33. The zero-order valence-electron chi connectivity index (χ0n) is 16.6. The molecule has 0 radical (unpaired) electrons. The van der Waals surface area contributed by atoms with Crippen LogP contribution in [0.1, 0.15) is 6.42 Å². The first-order valence-electron chi connectivity index (χ1n) is 10.2. The second-order valence-electron chi connectivity index (χ2n) is 7.48. The van der Waals surface area contributed by atoms with E-state index in [2.05, 4.69) is 43.0 Å². The van der Waals surface area contributed by atoms with Crippen LogP contribution in [0, 0.1) is 0 Å². The highest BCUT2D eigenvalue weighted by atomic mass is 35.5. The minimum atomic E-state index is 0.0151. The maximum atomic E-state index is 12.8. The monoisotopic (exact) mass is 446 g/mol. The van der Waals surface area contributed by atoms with Gasteiger partial charge in [-0.05, 0) is 36.2 Å². The van der Waals surface area contributed by atoms with Crippen molar-refractivity contribution in [2.24, 2.45) is 4.99 Å². The van der Waals surface area contributed by atoms with Crippen molar-refractivity contribution in [2.45, 2.75) is 6.42 Å². The molecule has 1 aromatic carbocycles. The number of nitrogens with zero attached hydrogens (tertiary/aromatic N) is 6. The lowest BCUT2D eigenvalue weighted by molar-refractivity contribution is -0.124. The highest BCUT2D eigenvalue weighted by molar-refractivity contribution is 8.16. The van der Waals surface area contributed by atoms with Crippen molar-refractivity contribution in [3.63, 3.8) is 0 Å². The highest BCUT2D eigenvalue weighted by Crippen LogP contribution is 2.30. The number of morpholine rings is 1. The molecule has 0 spiro atoms. The van der Waals surface area contributed by atoms with E-state index in [4.69, 9.17) is 16.3 Å². The zero-order valence-corrected chi connectivity index (χ0v) is 18.2. The summed E-state index contributed by atoms with van der Waals surface area (Å²) in [4.78, 5) is 32.4. The van der Waals surface area contributed by atoms with Crippen molar-refractivity contribution in [2.75, 3.05) is 68.2 Å². The van der Waals surface area contributed by atoms with E-state index in [9.17, 15) is 4.79 Å². The summed E-state index contributed by atoms with van der Waals surface area (Å²) in [5.74, 6) is 1.68. The summed E-state index contributed by atoms with van der Waals surface area (Å²) in [5, 5.41) is 1.78. The maximum Gasteiger partial charge on any atom is 0.280 e. The fourth-order valence-electron chi connectivity index (χ4n) is 4.07. The molecule has 1 amide bonds. The first kappa shape index (κ1) is 19.8. The molecule has 0 bridgehead atoms. The van der Waals surface area contributed by atoms with E-state index < -0.39 is 0 Å². The summed E-state index contributed by atoms with van der Waals surface area (Å²) in [7, 11) is 0. The van der Waals surface area contributed by atoms with Crippen LogP contribution in [0.15, 0.2) is 23.2 Å². The molecule has 3 aliphatic heterocycles. The maximum absolute atomic E-state index is 12.8. The number of carbonyl (C=O) groups is 1. The molecule has 1 aromatic heterocycles. The van der Waals surface area contributed by atoms with Gasteiger partial charge in [0.1, 0.15) is 5.82 Å². The minimum absolute atomic E-state index is 0.0151. The molecule has 10 heteroatoms. The SMILES string of the molecule is O=C(C1=NCCS1)N1CCCN(c2nc(Cl)nc3cc(N4CCOCC4)ccc23)C1. The van der Waals surface area contributed by atoms with Crippen LogP contribution >= 0.6 is 23.4 Å². The van der Waals surface area contributed by atoms with Gasteiger partial charge in [-0.25, -0.2) is 4.98 Å². The van der Waals surface area contributed by atoms with Gasteiger partial charge < -0.3 is 19.4 Å². The fourth-order valence-corrected chi connectivity index (χ4v) is 5.05. The summed E-state index contributed by atoms with van der Waals surface area (Å²) in [6, 6.07) is 6.23. The van der Waals surface area contributed by atoms with Gasteiger partial charge in [-0.2, -0.15) is 4.98 Å². The number of hydrogen-bond donors (Lipinski definition) is 0. The normalized spacial score (nSPS) is 20.0. The fraction of sp³-hybridized carbons (Fsp3) is 0.500. The molecule has 4 heterocycles. The Bertz CT molecular complexity index is 997. The van der Waals surface area contributed by atoms with Crippen LogP contribution in [-0.4, -0.2) is 84.2 Å². The molecule has 3 aliphatic rings. The van der Waals surface area contributed by atoms with E-state index in [1.54, 1.807) is 11.8 Å². The molecule has 0 atom stereocenters. The molecule has 2 fully saturated rings. The third-order valence-electron chi connectivity index (χ3n) is 5.56. The Hall–Kier alpha value is -2.10. The van der Waals surface area contributed by atoms with Crippen molar-refractivity contribution in [3.05, 3.63) is 23.5 Å². The summed E-state index contributed by atoms with van der Waals surface area (Å²) in [5.41, 5.74) is 1.92. The van der Waals surface area contributed by atoms with Gasteiger partial charge in [-0.15, -0.1) is 0 Å². The highest BCUT2D eigenvalue weighted by Gasteiger charge is 2.28. The quantitative estimate of drug-likeness (QED) is 0.669. The Morgan fingerprint density at radius 2 is 1.97 bits per heavy atom. The van der Waals surface area contributed by atoms with Gasteiger partial charge in [0.05, 0.1) is 25.4 Å². The number of thioether (sulfide) groups is 1. The van der Waals surface area contributed by atoms with Crippen LogP contribution in [0.5, 0.6) is 0 Å². The van der Waals surface area contributed by atoms with Gasteiger partial charge in [-0.3, -0.25) is 9.79 Å². The molecular weight excluding hydrogens is 424 g/mol. The van der Waals surface area contributed by atoms with Crippen LogP contribution in [-0.2, 0) is 9.53 Å². The smallest absolute Gasteiger partial charge is 0.280 e. The molecule has 30 heavy (non-hydrogen) atoms. The predicted molar refractivity (Wildman–Crippen MR) is 121 cm³/mol. The standard InChI is InChI=1S/C20H23ClN6O2S/c21-20-23-16-12-14(25-7-9-29-10-8-25)2-3-15(16)17(24-20)26-5-1-6-27(13-26)19(28)18-22-4-11-30-18/h2-3,12H,1,4-11,13H2. The van der Waals surface area contributed by atoms with Gasteiger partial charge in [-0.1, -0.05) is 11.8 Å². The summed E-state index contributed by atoms with van der Waals surface area (Å²) >= 11 is 7.84. The minimum Gasteiger partial charge on any atom is -0.378 e. The first-order chi connectivity index (χ1) is 14.7. The van der Waals surface area contributed by atoms with Crippen molar-refractivity contribution in [1.29, 1.82) is 0 Å². The van der Waals surface area contributed by atoms with Crippen LogP contribution in [0.25, 0.3) is 10.9 Å². The van der Waals surface area contributed by atoms with Crippen LogP contribution in [0.3, 0.4) is 0 Å². The lowest BCUT2D eigenvalue weighted by Gasteiger charge is -2.36. The number of rotatable bonds is 3. The van der Waals surface area contributed by atoms with E-state index in [-0.39, 0.29) is 11.2 Å². The number of halogens is 1. The van der Waals surface area contributed by atoms with Crippen molar-refractivity contribution >= 4 is 56.7 Å². The molecule has 0 saturated carbocycles. The Balaban J connectivity index is 1.43. The molecule has 0 aliphatic carbocycles. The van der Waals surface area contributed by atoms with E-state index in [0.29, 0.717) is 11.7 Å². The molecule has 2 saturated heterocycles. The van der Waals surface area contributed by atoms with Gasteiger partial charge in [0, 0.05) is 49.6 Å².